The van der Waals surface area contributed by atoms with Gasteiger partial charge in [0.15, 0.2) is 5.13 Å². The van der Waals surface area contributed by atoms with E-state index < -0.39 is 0 Å². The molecule has 0 aliphatic heterocycles. The maximum atomic E-state index is 4.63. The van der Waals surface area contributed by atoms with Crippen LogP contribution in [0, 0.1) is 0 Å². The molecule has 0 amide bonds. The van der Waals surface area contributed by atoms with Gasteiger partial charge < -0.3 is 5.32 Å². The molecule has 2 heterocycles. The Morgan fingerprint density at radius 1 is 1.35 bits per heavy atom. The second-order valence-corrected chi connectivity index (χ2v) is 5.69. The predicted molar refractivity (Wildman–Crippen MR) is 76.0 cm³/mol. The van der Waals surface area contributed by atoms with E-state index in [4.69, 9.17) is 0 Å². The maximum absolute atomic E-state index is 4.63. The summed E-state index contributed by atoms with van der Waals surface area (Å²) in [6.45, 7) is 6.47. The van der Waals surface area contributed by atoms with Gasteiger partial charge >= 0.3 is 0 Å². The van der Waals surface area contributed by atoms with Crippen molar-refractivity contribution in [2.75, 3.05) is 5.32 Å². The Morgan fingerprint density at radius 3 is 2.88 bits per heavy atom. The van der Waals surface area contributed by atoms with Crippen LogP contribution in [0.3, 0.4) is 0 Å². The molecule has 0 fully saturated rings. The molecule has 3 nitrogen and oxygen atoms in total. The third-order valence-electron chi connectivity index (χ3n) is 2.70. The number of hydrogen-bond acceptors (Lipinski definition) is 5. The first kappa shape index (κ1) is 12.5. The molecule has 0 spiro atoms. The van der Waals surface area contributed by atoms with Gasteiger partial charge in [-0.15, -0.1) is 22.7 Å². The summed E-state index contributed by atoms with van der Waals surface area (Å²) in [7, 11) is 0. The Labute approximate surface area is 110 Å². The van der Waals surface area contributed by atoms with E-state index in [1.165, 1.54) is 4.88 Å². The van der Waals surface area contributed by atoms with Crippen molar-refractivity contribution in [3.63, 3.8) is 0 Å². The fourth-order valence-corrected chi connectivity index (χ4v) is 3.22. The Bertz CT molecular complexity index is 476. The minimum absolute atomic E-state index is 0.473. The molecule has 0 saturated carbocycles. The Kier molecular flexibility index (Phi) is 4.12. The van der Waals surface area contributed by atoms with Crippen LogP contribution in [-0.4, -0.2) is 16.0 Å². The lowest BCUT2D eigenvalue weighted by molar-refractivity contribution is 0.763. The molecule has 2 rings (SSSR count). The van der Waals surface area contributed by atoms with Gasteiger partial charge in [-0.05, 0) is 19.8 Å². The number of aryl methyl sites for hydroxylation is 1. The predicted octanol–water partition coefficient (Wildman–Crippen LogP) is 4.04. The van der Waals surface area contributed by atoms with Gasteiger partial charge in [0.1, 0.15) is 0 Å². The first-order valence-electron chi connectivity index (χ1n) is 5.89. The molecule has 0 aliphatic carbocycles. The first-order valence-corrected chi connectivity index (χ1v) is 7.65. The summed E-state index contributed by atoms with van der Waals surface area (Å²) in [4.78, 5) is 10.2. The molecular formula is C12H17N3S2. The van der Waals surface area contributed by atoms with Crippen molar-refractivity contribution in [1.82, 2.24) is 9.97 Å². The largest absolute Gasteiger partial charge is 0.359 e. The molecule has 0 bridgehead atoms. The van der Waals surface area contributed by atoms with Crippen LogP contribution in [0.1, 0.15) is 32.9 Å². The number of aromatic nitrogens is 2. The molecule has 0 radical (unpaired) electrons. The monoisotopic (exact) mass is 267 g/mol. The number of nitrogens with one attached hydrogen (secondary N) is 1. The molecule has 2 aromatic rings. The molecule has 17 heavy (non-hydrogen) atoms. The van der Waals surface area contributed by atoms with Gasteiger partial charge in [-0.3, -0.25) is 0 Å². The molecule has 92 valence electrons. The maximum Gasteiger partial charge on any atom is 0.183 e. The average Bonchev–Trinajstić information content (AvgIpc) is 2.95. The second kappa shape index (κ2) is 5.60. The topological polar surface area (TPSA) is 37.8 Å². The molecule has 1 N–H and O–H groups in total. The highest BCUT2D eigenvalue weighted by molar-refractivity contribution is 7.15. The van der Waals surface area contributed by atoms with Crippen molar-refractivity contribution in [1.29, 1.82) is 0 Å². The lowest BCUT2D eigenvalue weighted by Gasteiger charge is -2.08. The van der Waals surface area contributed by atoms with Gasteiger partial charge in [-0.2, -0.15) is 0 Å². The van der Waals surface area contributed by atoms with E-state index >= 15 is 0 Å². The lowest BCUT2D eigenvalue weighted by atomic mass is 10.2. The van der Waals surface area contributed by atoms with Crippen LogP contribution >= 0.6 is 22.7 Å². The van der Waals surface area contributed by atoms with Crippen molar-refractivity contribution in [2.45, 2.75) is 39.7 Å². The van der Waals surface area contributed by atoms with Crippen molar-refractivity contribution in [2.24, 2.45) is 0 Å². The van der Waals surface area contributed by atoms with Crippen LogP contribution in [0.15, 0.2) is 10.9 Å². The van der Waals surface area contributed by atoms with Crippen LogP contribution in [0.25, 0.3) is 10.6 Å². The summed E-state index contributed by atoms with van der Waals surface area (Å²) in [6.07, 6.45) is 2.07. The van der Waals surface area contributed by atoms with Crippen LogP contribution in [0.5, 0.6) is 0 Å². The van der Waals surface area contributed by atoms with E-state index in [9.17, 15) is 0 Å². The van der Waals surface area contributed by atoms with Gasteiger partial charge in [-0.25, -0.2) is 9.97 Å². The van der Waals surface area contributed by atoms with E-state index in [-0.39, 0.29) is 0 Å². The SMILES string of the molecule is CCc1ncsc1-c1csc(NC(C)CC)n1. The highest BCUT2D eigenvalue weighted by atomic mass is 32.1. The van der Waals surface area contributed by atoms with Gasteiger partial charge in [-0.1, -0.05) is 13.8 Å². The molecule has 1 atom stereocenters. The Balaban J connectivity index is 2.18. The van der Waals surface area contributed by atoms with Crippen LogP contribution in [0.2, 0.25) is 0 Å². The Hall–Kier alpha value is -0.940. The lowest BCUT2D eigenvalue weighted by Crippen LogP contribution is -2.12. The van der Waals surface area contributed by atoms with Gasteiger partial charge in [0.25, 0.3) is 0 Å². The fraction of sp³-hybridized carbons (Fsp3) is 0.500. The van der Waals surface area contributed by atoms with Crippen LogP contribution < -0.4 is 5.32 Å². The summed E-state index contributed by atoms with van der Waals surface area (Å²) in [5, 5.41) is 6.52. The standard InChI is InChI=1S/C12H17N3S2/c1-4-8(3)14-12-15-10(6-16-12)11-9(5-2)13-7-17-11/h6-8H,4-5H2,1-3H3,(H,14,15). The number of thiazole rings is 2. The van der Waals surface area contributed by atoms with Crippen LogP contribution in [-0.2, 0) is 6.42 Å². The molecule has 2 aromatic heterocycles. The number of hydrogen-bond donors (Lipinski definition) is 1. The minimum atomic E-state index is 0.473. The quantitative estimate of drug-likeness (QED) is 0.888. The molecule has 0 aromatic carbocycles. The van der Waals surface area contributed by atoms with Gasteiger partial charge in [0.2, 0.25) is 0 Å². The van der Waals surface area contributed by atoms with Crippen molar-refractivity contribution < 1.29 is 0 Å². The zero-order valence-corrected chi connectivity index (χ0v) is 12.0. The first-order chi connectivity index (χ1) is 8.24. The van der Waals surface area contributed by atoms with Gasteiger partial charge in [0, 0.05) is 11.4 Å². The summed E-state index contributed by atoms with van der Waals surface area (Å²) in [5.74, 6) is 0. The minimum Gasteiger partial charge on any atom is -0.359 e. The summed E-state index contributed by atoms with van der Waals surface area (Å²) < 4.78 is 0. The zero-order chi connectivity index (χ0) is 12.3. The van der Waals surface area contributed by atoms with Crippen molar-refractivity contribution in [3.8, 4) is 10.6 Å². The van der Waals surface area contributed by atoms with E-state index in [0.717, 1.165) is 29.4 Å². The summed E-state index contributed by atoms with van der Waals surface area (Å²) in [5.41, 5.74) is 4.10. The molecule has 1 unspecified atom stereocenters. The number of rotatable bonds is 5. The summed E-state index contributed by atoms with van der Waals surface area (Å²) >= 11 is 3.34. The average molecular weight is 267 g/mol. The highest BCUT2D eigenvalue weighted by Gasteiger charge is 2.11. The smallest absolute Gasteiger partial charge is 0.183 e. The molecule has 0 saturated heterocycles. The van der Waals surface area contributed by atoms with Crippen LogP contribution in [0.4, 0.5) is 5.13 Å². The zero-order valence-electron chi connectivity index (χ0n) is 10.4. The van der Waals surface area contributed by atoms with Gasteiger partial charge in [0.05, 0.1) is 21.8 Å². The third-order valence-corrected chi connectivity index (χ3v) is 4.36. The number of anilines is 1. The van der Waals surface area contributed by atoms with E-state index in [2.05, 4.69) is 41.4 Å². The normalized spacial score (nSPS) is 12.6. The molecule has 5 heteroatoms. The van der Waals surface area contributed by atoms with Crippen molar-refractivity contribution >= 4 is 27.8 Å². The van der Waals surface area contributed by atoms with E-state index in [1.54, 1.807) is 22.7 Å². The number of nitrogens with zero attached hydrogens (tertiary/aromatic N) is 2. The second-order valence-electron chi connectivity index (χ2n) is 3.97. The van der Waals surface area contributed by atoms with E-state index in [0.29, 0.717) is 6.04 Å². The fourth-order valence-electron chi connectivity index (χ4n) is 1.49. The molecular weight excluding hydrogens is 250 g/mol. The van der Waals surface area contributed by atoms with E-state index in [1.807, 2.05) is 5.51 Å². The third kappa shape index (κ3) is 2.84. The molecule has 0 aliphatic rings. The Morgan fingerprint density at radius 2 is 2.18 bits per heavy atom. The summed E-state index contributed by atoms with van der Waals surface area (Å²) in [6, 6.07) is 0.473. The van der Waals surface area contributed by atoms with Crippen molar-refractivity contribution in [3.05, 3.63) is 16.6 Å². The highest BCUT2D eigenvalue weighted by Crippen LogP contribution is 2.31.